The van der Waals surface area contributed by atoms with Crippen molar-refractivity contribution in [1.29, 1.82) is 0 Å². The predicted molar refractivity (Wildman–Crippen MR) is 137 cm³/mol. The molecule has 1 aliphatic carbocycles. The molecule has 1 aliphatic rings. The van der Waals surface area contributed by atoms with Gasteiger partial charge in [-0.15, -0.1) is 0 Å². The van der Waals surface area contributed by atoms with E-state index in [4.69, 9.17) is 4.99 Å². The second kappa shape index (κ2) is 9.34. The van der Waals surface area contributed by atoms with Crippen molar-refractivity contribution in [2.24, 2.45) is 4.99 Å². The highest BCUT2D eigenvalue weighted by molar-refractivity contribution is 6.29. The maximum Gasteiger partial charge on any atom is 0.121 e. The molecule has 0 saturated carbocycles. The zero-order valence-electron chi connectivity index (χ0n) is 20.0. The maximum atomic E-state index is 4.96. The van der Waals surface area contributed by atoms with Gasteiger partial charge >= 0.3 is 0 Å². The van der Waals surface area contributed by atoms with Gasteiger partial charge in [0.2, 0.25) is 0 Å². The van der Waals surface area contributed by atoms with Crippen LogP contribution in [-0.2, 0) is 0 Å². The van der Waals surface area contributed by atoms with Crippen molar-refractivity contribution < 1.29 is 0 Å². The summed E-state index contributed by atoms with van der Waals surface area (Å²) >= 11 is 0. The van der Waals surface area contributed by atoms with Crippen molar-refractivity contribution in [2.75, 3.05) is 14.1 Å². The van der Waals surface area contributed by atoms with Crippen LogP contribution in [0.2, 0.25) is 0 Å². The summed E-state index contributed by atoms with van der Waals surface area (Å²) < 4.78 is 0. The van der Waals surface area contributed by atoms with Gasteiger partial charge in [-0.05, 0) is 78.7 Å². The van der Waals surface area contributed by atoms with E-state index in [-0.39, 0.29) is 0 Å². The molecule has 0 fully saturated rings. The summed E-state index contributed by atoms with van der Waals surface area (Å²) in [5, 5.41) is 0. The minimum Gasteiger partial charge on any atom is -0.363 e. The molecule has 0 aromatic heterocycles. The molecule has 0 atom stereocenters. The van der Waals surface area contributed by atoms with E-state index in [1.165, 1.54) is 44.5 Å². The molecule has 31 heavy (non-hydrogen) atoms. The van der Waals surface area contributed by atoms with Crippen LogP contribution in [-0.4, -0.2) is 24.7 Å². The van der Waals surface area contributed by atoms with Crippen LogP contribution in [0, 0.1) is 6.92 Å². The summed E-state index contributed by atoms with van der Waals surface area (Å²) in [7, 11) is 3.96. The second-order valence-electron chi connectivity index (χ2n) is 8.34. The monoisotopic (exact) mass is 410 g/mol. The molecule has 160 valence electrons. The summed E-state index contributed by atoms with van der Waals surface area (Å²) in [6.45, 7) is 15.0. The number of hydrogen-bond acceptors (Lipinski definition) is 2. The molecule has 0 aliphatic heterocycles. The Morgan fingerprint density at radius 2 is 1.71 bits per heavy atom. The van der Waals surface area contributed by atoms with E-state index in [9.17, 15) is 0 Å². The summed E-state index contributed by atoms with van der Waals surface area (Å²) in [4.78, 5) is 6.91. The van der Waals surface area contributed by atoms with Crippen LogP contribution >= 0.6 is 0 Å². The lowest BCUT2D eigenvalue weighted by Crippen LogP contribution is -2.18. The van der Waals surface area contributed by atoms with Gasteiger partial charge in [-0.3, -0.25) is 0 Å². The Hall–Kier alpha value is -3.13. The number of aryl methyl sites for hydroxylation is 1. The molecule has 0 radical (unpaired) electrons. The smallest absolute Gasteiger partial charge is 0.121 e. The third-order valence-corrected chi connectivity index (χ3v) is 5.98. The summed E-state index contributed by atoms with van der Waals surface area (Å²) in [6.07, 6.45) is 5.56. The maximum absolute atomic E-state index is 4.96. The third-order valence-electron chi connectivity index (χ3n) is 5.98. The molecule has 0 saturated heterocycles. The van der Waals surface area contributed by atoms with E-state index >= 15 is 0 Å². The Bertz CT molecular complexity index is 1140. The fourth-order valence-corrected chi connectivity index (χ4v) is 4.22. The summed E-state index contributed by atoms with van der Waals surface area (Å²) in [6, 6.07) is 15.4. The Kier molecular flexibility index (Phi) is 6.80. The number of fused-ring (bicyclic) bond motifs is 1. The molecule has 2 aromatic rings. The number of allylic oxidation sites excluding steroid dienone is 6. The highest BCUT2D eigenvalue weighted by atomic mass is 15.2. The number of nitrogens with zero attached hydrogens (tertiary/aromatic N) is 2. The van der Waals surface area contributed by atoms with E-state index in [1.807, 2.05) is 19.0 Å². The molecule has 0 unspecified atom stereocenters. The lowest BCUT2D eigenvalue weighted by molar-refractivity contribution is 0.509. The van der Waals surface area contributed by atoms with Gasteiger partial charge in [-0.2, -0.15) is 0 Å². The van der Waals surface area contributed by atoms with Crippen molar-refractivity contribution >= 4 is 22.4 Å². The fourth-order valence-electron chi connectivity index (χ4n) is 4.22. The van der Waals surface area contributed by atoms with E-state index in [1.54, 1.807) is 0 Å². The van der Waals surface area contributed by atoms with Crippen molar-refractivity contribution in [1.82, 2.24) is 4.90 Å². The molecule has 3 rings (SSSR count). The number of benzene rings is 2. The van der Waals surface area contributed by atoms with E-state index < -0.39 is 0 Å². The van der Waals surface area contributed by atoms with E-state index in [0.717, 1.165) is 23.5 Å². The van der Waals surface area contributed by atoms with Gasteiger partial charge < -0.3 is 4.90 Å². The lowest BCUT2D eigenvalue weighted by Gasteiger charge is -2.28. The first-order chi connectivity index (χ1) is 14.8. The van der Waals surface area contributed by atoms with Crippen molar-refractivity contribution in [3.8, 4) is 0 Å². The molecule has 0 spiro atoms. The zero-order valence-corrected chi connectivity index (χ0v) is 20.0. The van der Waals surface area contributed by atoms with Crippen LogP contribution in [0.3, 0.4) is 0 Å². The second-order valence-corrected chi connectivity index (χ2v) is 8.34. The molecule has 0 amide bonds. The molecule has 2 heteroatoms. The molecular weight excluding hydrogens is 376 g/mol. The number of hydrogen-bond donors (Lipinski definition) is 0. The molecule has 0 N–H and O–H groups in total. The van der Waals surface area contributed by atoms with Crippen LogP contribution in [0.5, 0.6) is 0 Å². The molecule has 2 aromatic carbocycles. The highest BCUT2D eigenvalue weighted by Gasteiger charge is 2.27. The first-order valence-corrected chi connectivity index (χ1v) is 11.0. The molecular formula is C29H34N2. The first-order valence-electron chi connectivity index (χ1n) is 11.0. The number of aliphatic imine (C=N–C) groups is 1. The third kappa shape index (κ3) is 4.34. The average Bonchev–Trinajstić information content (AvgIpc) is 2.75. The lowest BCUT2D eigenvalue weighted by atomic mass is 9.77. The Balaban J connectivity index is 2.28. The van der Waals surface area contributed by atoms with Gasteiger partial charge in [0.05, 0.1) is 5.71 Å². The summed E-state index contributed by atoms with van der Waals surface area (Å²) in [5.41, 5.74) is 12.2. The molecule has 0 heterocycles. The minimum atomic E-state index is 0.750. The van der Waals surface area contributed by atoms with Crippen molar-refractivity contribution in [3.05, 3.63) is 100 Å². The van der Waals surface area contributed by atoms with Crippen molar-refractivity contribution in [2.45, 2.75) is 41.0 Å². The van der Waals surface area contributed by atoms with E-state index in [0.29, 0.717) is 0 Å². The van der Waals surface area contributed by atoms with Crippen LogP contribution < -0.4 is 0 Å². The predicted octanol–water partition coefficient (Wildman–Crippen LogP) is 7.52. The van der Waals surface area contributed by atoms with Crippen molar-refractivity contribution in [3.63, 3.8) is 0 Å². The van der Waals surface area contributed by atoms with Crippen LogP contribution in [0.4, 0.5) is 0 Å². The largest absolute Gasteiger partial charge is 0.363 e. The normalized spacial score (nSPS) is 16.7. The highest BCUT2D eigenvalue weighted by Crippen LogP contribution is 2.42. The van der Waals surface area contributed by atoms with E-state index in [2.05, 4.69) is 95.8 Å². The quantitative estimate of drug-likeness (QED) is 0.497. The fraction of sp³-hybridized carbons (Fsp3) is 0.276. The molecule has 2 nitrogen and oxygen atoms in total. The molecule has 0 bridgehead atoms. The number of rotatable bonds is 5. The SMILES string of the molecule is C=C(N=C1C(C)=C(c2ccc(/C(C)=C\CC)cc2C)/C(=C\C)c2ccccc21)N(C)C. The van der Waals surface area contributed by atoms with Crippen LogP contribution in [0.25, 0.3) is 16.7 Å². The van der Waals surface area contributed by atoms with Gasteiger partial charge in [0, 0.05) is 19.7 Å². The van der Waals surface area contributed by atoms with Crippen LogP contribution in [0.15, 0.2) is 77.6 Å². The Morgan fingerprint density at radius 1 is 1.03 bits per heavy atom. The van der Waals surface area contributed by atoms with Gasteiger partial charge in [0.1, 0.15) is 5.82 Å². The van der Waals surface area contributed by atoms with Gasteiger partial charge in [0.25, 0.3) is 0 Å². The first kappa shape index (κ1) is 22.6. The van der Waals surface area contributed by atoms with Crippen LogP contribution in [0.1, 0.15) is 61.9 Å². The topological polar surface area (TPSA) is 15.6 Å². The zero-order chi connectivity index (χ0) is 22.7. The average molecular weight is 411 g/mol. The minimum absolute atomic E-state index is 0.750. The van der Waals surface area contributed by atoms with Gasteiger partial charge in [-0.1, -0.05) is 68.1 Å². The van der Waals surface area contributed by atoms with Gasteiger partial charge in [-0.25, -0.2) is 4.99 Å². The standard InChI is InChI=1S/C29H34N2/c1-9-13-19(3)23-16-17-25(20(4)18-23)28-21(5)29(30-22(6)31(7)8)27-15-12-11-14-26(27)24(28)10-2/h10-18H,6,9H2,1-5,7-8H3/b19-13-,24-10-,30-29?. The Labute approximate surface area is 188 Å². The summed E-state index contributed by atoms with van der Waals surface area (Å²) in [5.74, 6) is 0.750. The Morgan fingerprint density at radius 3 is 2.29 bits per heavy atom. The van der Waals surface area contributed by atoms with Gasteiger partial charge in [0.15, 0.2) is 0 Å².